The SMILES string of the molecule is Cc1oc(-c2cccnc2)nc1CC(=O)Nc1cccc(Cl)c1C. The summed E-state index contributed by atoms with van der Waals surface area (Å²) in [6, 6.07) is 9.07. The molecule has 3 aromatic rings. The Morgan fingerprint density at radius 3 is 2.83 bits per heavy atom. The van der Waals surface area contributed by atoms with Gasteiger partial charge < -0.3 is 9.73 Å². The zero-order valence-electron chi connectivity index (χ0n) is 13.3. The number of amides is 1. The molecule has 6 heteroatoms. The summed E-state index contributed by atoms with van der Waals surface area (Å²) in [7, 11) is 0. The highest BCUT2D eigenvalue weighted by Gasteiger charge is 2.15. The van der Waals surface area contributed by atoms with Crippen molar-refractivity contribution < 1.29 is 9.21 Å². The Labute approximate surface area is 144 Å². The van der Waals surface area contributed by atoms with E-state index in [0.29, 0.717) is 28.1 Å². The molecular weight excluding hydrogens is 326 g/mol. The molecular formula is C18H16ClN3O2. The monoisotopic (exact) mass is 341 g/mol. The van der Waals surface area contributed by atoms with Crippen LogP contribution in [0.3, 0.4) is 0 Å². The van der Waals surface area contributed by atoms with E-state index in [0.717, 1.165) is 11.1 Å². The maximum absolute atomic E-state index is 12.3. The van der Waals surface area contributed by atoms with Crippen LogP contribution in [0, 0.1) is 13.8 Å². The van der Waals surface area contributed by atoms with Gasteiger partial charge in [0.25, 0.3) is 0 Å². The van der Waals surface area contributed by atoms with Crippen LogP contribution in [0.5, 0.6) is 0 Å². The summed E-state index contributed by atoms with van der Waals surface area (Å²) in [6.45, 7) is 3.65. The molecule has 0 saturated heterocycles. The number of halogens is 1. The van der Waals surface area contributed by atoms with Crippen molar-refractivity contribution in [2.24, 2.45) is 0 Å². The largest absolute Gasteiger partial charge is 0.441 e. The number of anilines is 1. The molecule has 1 amide bonds. The third-order valence-corrected chi connectivity index (χ3v) is 4.08. The van der Waals surface area contributed by atoms with Crippen LogP contribution in [-0.4, -0.2) is 15.9 Å². The van der Waals surface area contributed by atoms with Crippen LogP contribution < -0.4 is 5.32 Å². The molecule has 0 radical (unpaired) electrons. The fraction of sp³-hybridized carbons (Fsp3) is 0.167. The number of oxazole rings is 1. The van der Waals surface area contributed by atoms with Crippen molar-refractivity contribution >= 4 is 23.2 Å². The first-order valence-corrected chi connectivity index (χ1v) is 7.84. The quantitative estimate of drug-likeness (QED) is 0.772. The van der Waals surface area contributed by atoms with Crippen LogP contribution in [0.25, 0.3) is 11.5 Å². The minimum Gasteiger partial charge on any atom is -0.441 e. The predicted octanol–water partition coefficient (Wildman–Crippen LogP) is 4.19. The first-order chi connectivity index (χ1) is 11.5. The fourth-order valence-electron chi connectivity index (χ4n) is 2.29. The lowest BCUT2D eigenvalue weighted by Gasteiger charge is -2.08. The molecule has 0 aliphatic heterocycles. The van der Waals surface area contributed by atoms with Gasteiger partial charge >= 0.3 is 0 Å². The van der Waals surface area contributed by atoms with Crippen molar-refractivity contribution in [3.8, 4) is 11.5 Å². The smallest absolute Gasteiger partial charge is 0.230 e. The summed E-state index contributed by atoms with van der Waals surface area (Å²) >= 11 is 6.07. The Balaban J connectivity index is 1.75. The van der Waals surface area contributed by atoms with Crippen LogP contribution in [0.4, 0.5) is 5.69 Å². The van der Waals surface area contributed by atoms with Crippen LogP contribution in [0.1, 0.15) is 17.0 Å². The van der Waals surface area contributed by atoms with Gasteiger partial charge in [-0.25, -0.2) is 4.98 Å². The van der Waals surface area contributed by atoms with E-state index in [1.54, 1.807) is 31.5 Å². The highest BCUT2D eigenvalue weighted by atomic mass is 35.5. The number of nitrogens with zero attached hydrogens (tertiary/aromatic N) is 2. The van der Waals surface area contributed by atoms with Gasteiger partial charge in [-0.05, 0) is 43.7 Å². The number of nitrogens with one attached hydrogen (secondary N) is 1. The molecule has 0 unspecified atom stereocenters. The molecule has 0 aliphatic carbocycles. The number of hydrogen-bond acceptors (Lipinski definition) is 4. The normalized spacial score (nSPS) is 10.6. The topological polar surface area (TPSA) is 68.0 Å². The molecule has 1 aromatic carbocycles. The number of aromatic nitrogens is 2. The third-order valence-electron chi connectivity index (χ3n) is 3.67. The number of pyridine rings is 1. The lowest BCUT2D eigenvalue weighted by atomic mass is 10.2. The Hall–Kier alpha value is -2.66. The first-order valence-electron chi connectivity index (χ1n) is 7.46. The molecule has 0 bridgehead atoms. The highest BCUT2D eigenvalue weighted by Crippen LogP contribution is 2.24. The van der Waals surface area contributed by atoms with Crippen molar-refractivity contribution in [1.29, 1.82) is 0 Å². The van der Waals surface area contributed by atoms with E-state index in [2.05, 4.69) is 15.3 Å². The summed E-state index contributed by atoms with van der Waals surface area (Å²) < 4.78 is 5.64. The van der Waals surface area contributed by atoms with E-state index in [4.69, 9.17) is 16.0 Å². The zero-order valence-corrected chi connectivity index (χ0v) is 14.1. The van der Waals surface area contributed by atoms with Crippen LogP contribution in [-0.2, 0) is 11.2 Å². The van der Waals surface area contributed by atoms with Gasteiger partial charge in [-0.15, -0.1) is 0 Å². The Morgan fingerprint density at radius 2 is 2.08 bits per heavy atom. The Morgan fingerprint density at radius 1 is 1.25 bits per heavy atom. The summed E-state index contributed by atoms with van der Waals surface area (Å²) in [5, 5.41) is 3.47. The van der Waals surface area contributed by atoms with E-state index in [1.807, 2.05) is 25.1 Å². The van der Waals surface area contributed by atoms with E-state index >= 15 is 0 Å². The van der Waals surface area contributed by atoms with Gasteiger partial charge in [0.1, 0.15) is 5.76 Å². The number of aryl methyl sites for hydroxylation is 1. The Kier molecular flexibility index (Phi) is 4.62. The molecule has 5 nitrogen and oxygen atoms in total. The molecule has 24 heavy (non-hydrogen) atoms. The van der Waals surface area contributed by atoms with Crippen LogP contribution in [0.2, 0.25) is 5.02 Å². The van der Waals surface area contributed by atoms with Gasteiger partial charge in [0.05, 0.1) is 17.7 Å². The number of carbonyl (C=O) groups excluding carboxylic acids is 1. The van der Waals surface area contributed by atoms with Crippen molar-refractivity contribution in [3.63, 3.8) is 0 Å². The second-order valence-corrected chi connectivity index (χ2v) is 5.81. The van der Waals surface area contributed by atoms with Crippen LogP contribution >= 0.6 is 11.6 Å². The average Bonchev–Trinajstić information content (AvgIpc) is 2.93. The van der Waals surface area contributed by atoms with E-state index in [-0.39, 0.29) is 12.3 Å². The lowest BCUT2D eigenvalue weighted by molar-refractivity contribution is -0.115. The molecule has 1 N–H and O–H groups in total. The van der Waals surface area contributed by atoms with Gasteiger partial charge in [0.15, 0.2) is 0 Å². The minimum atomic E-state index is -0.172. The fourth-order valence-corrected chi connectivity index (χ4v) is 2.47. The van der Waals surface area contributed by atoms with Crippen molar-refractivity contribution in [2.75, 3.05) is 5.32 Å². The third kappa shape index (κ3) is 3.46. The second kappa shape index (κ2) is 6.84. The number of rotatable bonds is 4. The predicted molar refractivity (Wildman–Crippen MR) is 93.0 cm³/mol. The summed E-state index contributed by atoms with van der Waals surface area (Å²) in [6.07, 6.45) is 3.48. The minimum absolute atomic E-state index is 0.127. The average molecular weight is 342 g/mol. The molecule has 0 spiro atoms. The van der Waals surface area contributed by atoms with Gasteiger partial charge in [-0.2, -0.15) is 0 Å². The van der Waals surface area contributed by atoms with Crippen molar-refractivity contribution in [3.05, 3.63) is 64.8 Å². The molecule has 2 aromatic heterocycles. The molecule has 0 atom stereocenters. The molecule has 0 saturated carbocycles. The highest BCUT2D eigenvalue weighted by molar-refractivity contribution is 6.31. The number of hydrogen-bond donors (Lipinski definition) is 1. The van der Waals surface area contributed by atoms with Gasteiger partial charge in [0.2, 0.25) is 11.8 Å². The van der Waals surface area contributed by atoms with Crippen molar-refractivity contribution in [1.82, 2.24) is 9.97 Å². The number of benzene rings is 1. The van der Waals surface area contributed by atoms with Gasteiger partial charge in [-0.1, -0.05) is 17.7 Å². The van der Waals surface area contributed by atoms with Gasteiger partial charge in [-0.3, -0.25) is 9.78 Å². The maximum atomic E-state index is 12.3. The second-order valence-electron chi connectivity index (χ2n) is 5.40. The molecule has 0 aliphatic rings. The van der Waals surface area contributed by atoms with E-state index in [1.165, 1.54) is 0 Å². The lowest BCUT2D eigenvalue weighted by Crippen LogP contribution is -2.16. The molecule has 122 valence electrons. The standard InChI is InChI=1S/C18H16ClN3O2/c1-11-14(19)6-3-7-15(11)21-17(23)9-16-12(2)24-18(22-16)13-5-4-8-20-10-13/h3-8,10H,9H2,1-2H3,(H,21,23). The number of carbonyl (C=O) groups is 1. The van der Waals surface area contributed by atoms with Crippen molar-refractivity contribution in [2.45, 2.75) is 20.3 Å². The first kappa shape index (κ1) is 16.2. The summed E-state index contributed by atoms with van der Waals surface area (Å²) in [5.74, 6) is 0.906. The zero-order chi connectivity index (χ0) is 17.1. The van der Waals surface area contributed by atoms with E-state index < -0.39 is 0 Å². The molecule has 3 rings (SSSR count). The maximum Gasteiger partial charge on any atom is 0.230 e. The summed E-state index contributed by atoms with van der Waals surface area (Å²) in [5.41, 5.74) is 2.91. The Bertz CT molecular complexity index is 875. The summed E-state index contributed by atoms with van der Waals surface area (Å²) in [4.78, 5) is 20.7. The van der Waals surface area contributed by atoms with Gasteiger partial charge in [0, 0.05) is 23.1 Å². The molecule has 2 heterocycles. The van der Waals surface area contributed by atoms with Crippen LogP contribution in [0.15, 0.2) is 47.1 Å². The molecule has 0 fully saturated rings. The van der Waals surface area contributed by atoms with E-state index in [9.17, 15) is 4.79 Å².